The molecule has 0 bridgehead atoms. The van der Waals surface area contributed by atoms with Crippen molar-refractivity contribution in [1.82, 2.24) is 5.32 Å². The van der Waals surface area contributed by atoms with Gasteiger partial charge in [0.2, 0.25) is 5.91 Å². The van der Waals surface area contributed by atoms with Gasteiger partial charge in [-0.25, -0.2) is 0 Å². The second-order valence-corrected chi connectivity index (χ2v) is 15.7. The number of unbranched alkanes of at least 4 members (excludes halogenated alkanes) is 28. The number of aliphatic hydroxyl groups excluding tert-OH is 4. The molecule has 0 aromatic heterocycles. The van der Waals surface area contributed by atoms with Gasteiger partial charge in [-0.3, -0.25) is 4.79 Å². The Bertz CT molecular complexity index is 787. The average molecular weight is 736 g/mol. The van der Waals surface area contributed by atoms with Crippen molar-refractivity contribution >= 4 is 5.91 Å². The Kier molecular flexibility index (Phi) is 40.0. The first-order chi connectivity index (χ1) is 25.5. The number of nitrogens with one attached hydrogen (secondary N) is 1. The maximum absolute atomic E-state index is 12.5. The lowest BCUT2D eigenvalue weighted by atomic mass is 10.00. The van der Waals surface area contributed by atoms with Crippen LogP contribution in [0.1, 0.15) is 232 Å². The minimum atomic E-state index is -1.29. The summed E-state index contributed by atoms with van der Waals surface area (Å²) in [5.74, 6) is -0.610. The van der Waals surface area contributed by atoms with Crippen LogP contribution in [-0.4, -0.2) is 57.3 Å². The highest BCUT2D eigenvalue weighted by atomic mass is 16.3. The maximum Gasteiger partial charge on any atom is 0.249 e. The largest absolute Gasteiger partial charge is 0.394 e. The smallest absolute Gasteiger partial charge is 0.249 e. The highest BCUT2D eigenvalue weighted by Gasteiger charge is 2.28. The number of rotatable bonds is 41. The van der Waals surface area contributed by atoms with Crippen molar-refractivity contribution in [3.63, 3.8) is 0 Å². The molecule has 4 unspecified atom stereocenters. The molecule has 0 heterocycles. The Balaban J connectivity index is 3.72. The standard InChI is InChI=1S/C46H89NO5/c1-3-5-7-9-11-13-15-17-18-19-20-21-22-23-24-25-26-27-28-30-31-33-35-37-39-43(49)45(51)42(41-48)47-46(52)44(50)40-38-36-34-32-29-16-14-12-10-8-6-4-2/h29,31-33,42-45,48-51H,3-28,30,34-41H2,1-2H3,(H,47,52)/b32-29-,33-31+. The van der Waals surface area contributed by atoms with Gasteiger partial charge in [-0.15, -0.1) is 0 Å². The van der Waals surface area contributed by atoms with Crippen molar-refractivity contribution in [3.8, 4) is 0 Å². The highest BCUT2D eigenvalue weighted by molar-refractivity contribution is 5.80. The molecular formula is C46H89NO5. The number of hydrogen-bond acceptors (Lipinski definition) is 5. The van der Waals surface area contributed by atoms with E-state index in [2.05, 4.69) is 43.5 Å². The van der Waals surface area contributed by atoms with Gasteiger partial charge in [0.15, 0.2) is 0 Å². The van der Waals surface area contributed by atoms with Gasteiger partial charge in [0.05, 0.1) is 18.8 Å². The van der Waals surface area contributed by atoms with Crippen LogP contribution in [0.25, 0.3) is 0 Å². The molecule has 308 valence electrons. The van der Waals surface area contributed by atoms with E-state index in [0.29, 0.717) is 12.8 Å². The van der Waals surface area contributed by atoms with E-state index in [1.165, 1.54) is 161 Å². The summed E-state index contributed by atoms with van der Waals surface area (Å²) in [6.07, 6.45) is 46.6. The van der Waals surface area contributed by atoms with Crippen LogP contribution >= 0.6 is 0 Å². The molecule has 6 heteroatoms. The van der Waals surface area contributed by atoms with Gasteiger partial charge < -0.3 is 25.7 Å². The van der Waals surface area contributed by atoms with E-state index < -0.39 is 36.9 Å². The van der Waals surface area contributed by atoms with Crippen LogP contribution in [0.2, 0.25) is 0 Å². The lowest BCUT2D eigenvalue weighted by Gasteiger charge is -2.27. The summed E-state index contributed by atoms with van der Waals surface area (Å²) in [5.41, 5.74) is 0. The Morgan fingerprint density at radius 2 is 0.788 bits per heavy atom. The van der Waals surface area contributed by atoms with E-state index in [1.54, 1.807) is 0 Å². The van der Waals surface area contributed by atoms with Gasteiger partial charge in [0, 0.05) is 0 Å². The molecule has 0 aliphatic rings. The van der Waals surface area contributed by atoms with Gasteiger partial charge in [0.25, 0.3) is 0 Å². The minimum absolute atomic E-state index is 0.333. The number of allylic oxidation sites excluding steroid dienone is 4. The molecule has 0 spiro atoms. The van der Waals surface area contributed by atoms with Crippen LogP contribution in [0.5, 0.6) is 0 Å². The molecule has 4 atom stereocenters. The van der Waals surface area contributed by atoms with Crippen LogP contribution in [0.3, 0.4) is 0 Å². The third-order valence-electron chi connectivity index (χ3n) is 10.6. The second kappa shape index (κ2) is 41.0. The molecule has 0 fully saturated rings. The zero-order chi connectivity index (χ0) is 38.2. The zero-order valence-electron chi connectivity index (χ0n) is 34.6. The minimum Gasteiger partial charge on any atom is -0.394 e. The van der Waals surface area contributed by atoms with Crippen LogP contribution < -0.4 is 5.32 Å². The zero-order valence-corrected chi connectivity index (χ0v) is 34.6. The van der Waals surface area contributed by atoms with Crippen LogP contribution in [0.4, 0.5) is 0 Å². The molecular weight excluding hydrogens is 647 g/mol. The molecule has 6 nitrogen and oxygen atoms in total. The molecule has 0 saturated carbocycles. The molecule has 0 aromatic rings. The molecule has 1 amide bonds. The normalized spacial score (nSPS) is 14.3. The summed E-state index contributed by atoms with van der Waals surface area (Å²) in [4.78, 5) is 12.5. The summed E-state index contributed by atoms with van der Waals surface area (Å²) in [6.45, 7) is 4.02. The summed E-state index contributed by atoms with van der Waals surface area (Å²) in [6, 6.07) is -1.01. The number of carbonyl (C=O) groups is 1. The quantitative estimate of drug-likeness (QED) is 0.0317. The molecule has 0 aliphatic carbocycles. The lowest BCUT2D eigenvalue weighted by molar-refractivity contribution is -0.132. The number of hydrogen-bond donors (Lipinski definition) is 5. The van der Waals surface area contributed by atoms with Crippen molar-refractivity contribution in [2.24, 2.45) is 0 Å². The number of carbonyl (C=O) groups excluding carboxylic acids is 1. The Hall–Kier alpha value is -1.21. The fraction of sp³-hybridized carbons (Fsp3) is 0.891. The topological polar surface area (TPSA) is 110 Å². The Morgan fingerprint density at radius 3 is 1.15 bits per heavy atom. The van der Waals surface area contributed by atoms with E-state index in [4.69, 9.17) is 0 Å². The van der Waals surface area contributed by atoms with Crippen LogP contribution in [-0.2, 0) is 4.79 Å². The monoisotopic (exact) mass is 736 g/mol. The Labute approximate surface area is 323 Å². The van der Waals surface area contributed by atoms with Crippen molar-refractivity contribution in [1.29, 1.82) is 0 Å². The fourth-order valence-corrected chi connectivity index (χ4v) is 6.99. The van der Waals surface area contributed by atoms with E-state index in [9.17, 15) is 25.2 Å². The summed E-state index contributed by atoms with van der Waals surface area (Å²) < 4.78 is 0. The van der Waals surface area contributed by atoms with Crippen LogP contribution in [0.15, 0.2) is 24.3 Å². The average Bonchev–Trinajstić information content (AvgIpc) is 3.15. The first-order valence-electron chi connectivity index (χ1n) is 22.7. The third-order valence-corrected chi connectivity index (χ3v) is 10.6. The molecule has 0 aliphatic heterocycles. The number of aliphatic hydroxyl groups is 4. The van der Waals surface area contributed by atoms with Crippen LogP contribution in [0, 0.1) is 0 Å². The van der Waals surface area contributed by atoms with Crippen molar-refractivity contribution in [3.05, 3.63) is 24.3 Å². The first-order valence-corrected chi connectivity index (χ1v) is 22.7. The highest BCUT2D eigenvalue weighted by Crippen LogP contribution is 2.16. The molecule has 0 saturated heterocycles. The van der Waals surface area contributed by atoms with E-state index >= 15 is 0 Å². The Morgan fingerprint density at radius 1 is 0.462 bits per heavy atom. The molecule has 0 aromatic carbocycles. The fourth-order valence-electron chi connectivity index (χ4n) is 6.99. The third kappa shape index (κ3) is 34.6. The number of amides is 1. The summed E-state index contributed by atoms with van der Waals surface area (Å²) in [7, 11) is 0. The molecule has 0 radical (unpaired) electrons. The molecule has 5 N–H and O–H groups in total. The van der Waals surface area contributed by atoms with Crippen molar-refractivity contribution < 1.29 is 25.2 Å². The molecule has 0 rings (SSSR count). The van der Waals surface area contributed by atoms with Gasteiger partial charge in [0.1, 0.15) is 12.2 Å². The predicted molar refractivity (Wildman–Crippen MR) is 224 cm³/mol. The van der Waals surface area contributed by atoms with Crippen molar-refractivity contribution in [2.75, 3.05) is 6.61 Å². The summed E-state index contributed by atoms with van der Waals surface area (Å²) in [5, 5.41) is 43.6. The molecule has 52 heavy (non-hydrogen) atoms. The predicted octanol–water partition coefficient (Wildman–Crippen LogP) is 12.0. The van der Waals surface area contributed by atoms with Gasteiger partial charge in [-0.2, -0.15) is 0 Å². The van der Waals surface area contributed by atoms with Crippen molar-refractivity contribution in [2.45, 2.75) is 257 Å². The summed E-state index contributed by atoms with van der Waals surface area (Å²) >= 11 is 0. The van der Waals surface area contributed by atoms with Gasteiger partial charge in [-0.1, -0.05) is 192 Å². The van der Waals surface area contributed by atoms with Gasteiger partial charge in [-0.05, 0) is 64.2 Å². The first kappa shape index (κ1) is 50.8. The van der Waals surface area contributed by atoms with Gasteiger partial charge >= 0.3 is 0 Å². The SMILES string of the molecule is CCCCCCCC/C=C\CCCCC(O)C(=O)NC(CO)C(O)C(O)CCC/C=C/CCCCCCCCCCCCCCCCCCCCC. The van der Waals surface area contributed by atoms with E-state index in [0.717, 1.165) is 44.9 Å². The van der Waals surface area contributed by atoms with E-state index in [1.807, 2.05) is 0 Å². The maximum atomic E-state index is 12.5. The second-order valence-electron chi connectivity index (χ2n) is 15.7. The van der Waals surface area contributed by atoms with E-state index in [-0.39, 0.29) is 0 Å². The lowest BCUT2D eigenvalue weighted by Crippen LogP contribution is -2.53.